The number of aryl methyl sites for hydroxylation is 2. The fourth-order valence-electron chi connectivity index (χ4n) is 1.35. The van der Waals surface area contributed by atoms with E-state index in [0.29, 0.717) is 17.9 Å². The third-order valence-corrected chi connectivity index (χ3v) is 3.35. The first-order valence-electron chi connectivity index (χ1n) is 5.00. The van der Waals surface area contributed by atoms with Gasteiger partial charge in [0.05, 0.1) is 5.69 Å². The lowest BCUT2D eigenvalue weighted by atomic mass is 10.1. The molecule has 90 valence electrons. The Kier molecular flexibility index (Phi) is 3.77. The zero-order valence-electron chi connectivity index (χ0n) is 9.66. The van der Waals surface area contributed by atoms with E-state index in [0.717, 1.165) is 11.1 Å². The first-order valence-corrected chi connectivity index (χ1v) is 6.48. The number of anilines is 2. The van der Waals surface area contributed by atoms with E-state index in [1.54, 1.807) is 13.0 Å². The van der Waals surface area contributed by atoms with E-state index in [4.69, 9.17) is 5.73 Å². The molecule has 4 N–H and O–H groups in total. The van der Waals surface area contributed by atoms with Gasteiger partial charge in [0.2, 0.25) is 0 Å². The van der Waals surface area contributed by atoms with E-state index in [1.807, 2.05) is 19.9 Å². The third-order valence-electron chi connectivity index (χ3n) is 2.19. The average Bonchev–Trinajstić information content (AvgIpc) is 2.13. The van der Waals surface area contributed by atoms with Crippen LogP contribution in [0.25, 0.3) is 0 Å². The van der Waals surface area contributed by atoms with Crippen molar-refractivity contribution in [3.63, 3.8) is 0 Å². The van der Waals surface area contributed by atoms with Crippen molar-refractivity contribution in [1.82, 2.24) is 4.72 Å². The van der Waals surface area contributed by atoms with Gasteiger partial charge in [0.15, 0.2) is 0 Å². The normalized spacial score (nSPS) is 11.4. The summed E-state index contributed by atoms with van der Waals surface area (Å²) in [6.07, 6.45) is 0. The molecule has 0 aliphatic rings. The number of hydrogen-bond acceptors (Lipinski definition) is 3. The van der Waals surface area contributed by atoms with Gasteiger partial charge in [-0.3, -0.25) is 4.72 Å². The molecule has 1 aromatic rings. The predicted molar refractivity (Wildman–Crippen MR) is 66.5 cm³/mol. The lowest BCUT2D eigenvalue weighted by Crippen LogP contribution is -2.30. The third kappa shape index (κ3) is 3.11. The Morgan fingerprint density at radius 2 is 1.88 bits per heavy atom. The summed E-state index contributed by atoms with van der Waals surface area (Å²) < 4.78 is 27.8. The summed E-state index contributed by atoms with van der Waals surface area (Å²) in [4.78, 5) is 0. The van der Waals surface area contributed by atoms with Gasteiger partial charge in [-0.05, 0) is 31.0 Å². The molecule has 0 atom stereocenters. The number of rotatable bonds is 4. The second kappa shape index (κ2) is 4.71. The monoisotopic (exact) mass is 243 g/mol. The Labute approximate surface area is 96.2 Å². The van der Waals surface area contributed by atoms with E-state index in [-0.39, 0.29) is 0 Å². The zero-order valence-corrected chi connectivity index (χ0v) is 10.5. The van der Waals surface area contributed by atoms with Crippen LogP contribution in [0.2, 0.25) is 0 Å². The number of nitrogens with two attached hydrogens (primary N) is 1. The van der Waals surface area contributed by atoms with E-state index in [1.165, 1.54) is 0 Å². The molecule has 0 radical (unpaired) electrons. The molecule has 6 heteroatoms. The summed E-state index contributed by atoms with van der Waals surface area (Å²) in [6, 6.07) is 3.47. The maximum atomic E-state index is 11.5. The van der Waals surface area contributed by atoms with Crippen molar-refractivity contribution in [3.8, 4) is 0 Å². The summed E-state index contributed by atoms with van der Waals surface area (Å²) in [5.41, 5.74) is 8.58. The van der Waals surface area contributed by atoms with Crippen LogP contribution in [0.15, 0.2) is 12.1 Å². The van der Waals surface area contributed by atoms with Crippen LogP contribution >= 0.6 is 0 Å². The Morgan fingerprint density at radius 3 is 2.44 bits per heavy atom. The van der Waals surface area contributed by atoms with Crippen LogP contribution in [-0.2, 0) is 10.2 Å². The molecular weight excluding hydrogens is 226 g/mol. The molecule has 0 fully saturated rings. The summed E-state index contributed by atoms with van der Waals surface area (Å²) in [7, 11) is -3.49. The van der Waals surface area contributed by atoms with Gasteiger partial charge in [-0.2, -0.15) is 13.1 Å². The number of nitrogens with one attached hydrogen (secondary N) is 2. The molecular formula is C10H17N3O2S. The Morgan fingerprint density at radius 1 is 1.25 bits per heavy atom. The summed E-state index contributed by atoms with van der Waals surface area (Å²) in [5, 5.41) is 0. The summed E-state index contributed by atoms with van der Waals surface area (Å²) in [6.45, 7) is 5.77. The van der Waals surface area contributed by atoms with Crippen LogP contribution in [0, 0.1) is 13.8 Å². The quantitative estimate of drug-likeness (QED) is 0.694. The first kappa shape index (κ1) is 12.8. The number of hydrogen-bond donors (Lipinski definition) is 3. The van der Waals surface area contributed by atoms with Crippen molar-refractivity contribution in [2.45, 2.75) is 20.8 Å². The van der Waals surface area contributed by atoms with Crippen molar-refractivity contribution in [3.05, 3.63) is 23.3 Å². The molecule has 0 aliphatic heterocycles. The molecule has 0 bridgehead atoms. The van der Waals surface area contributed by atoms with Crippen molar-refractivity contribution in [1.29, 1.82) is 0 Å². The highest BCUT2D eigenvalue weighted by Gasteiger charge is 2.10. The Balaban J connectivity index is 3.03. The van der Waals surface area contributed by atoms with Crippen LogP contribution < -0.4 is 15.2 Å². The molecule has 1 rings (SSSR count). The molecule has 0 aliphatic carbocycles. The highest BCUT2D eigenvalue weighted by molar-refractivity contribution is 7.90. The van der Waals surface area contributed by atoms with Gasteiger partial charge in [0.1, 0.15) is 0 Å². The second-order valence-corrected chi connectivity index (χ2v) is 5.13. The molecule has 0 unspecified atom stereocenters. The molecule has 16 heavy (non-hydrogen) atoms. The van der Waals surface area contributed by atoms with Crippen molar-refractivity contribution < 1.29 is 8.42 Å². The minimum absolute atomic E-state index is 0.343. The SMILES string of the molecule is CCNS(=O)(=O)Nc1cc(N)c(C)cc1C. The van der Waals surface area contributed by atoms with Gasteiger partial charge >= 0.3 is 0 Å². The smallest absolute Gasteiger partial charge is 0.299 e. The predicted octanol–water partition coefficient (Wildman–Crippen LogP) is 1.15. The molecule has 1 aromatic carbocycles. The van der Waals surface area contributed by atoms with Crippen LogP contribution in [0.5, 0.6) is 0 Å². The lowest BCUT2D eigenvalue weighted by molar-refractivity contribution is 0.589. The topological polar surface area (TPSA) is 84.2 Å². The highest BCUT2D eigenvalue weighted by Crippen LogP contribution is 2.22. The molecule has 0 amide bonds. The van der Waals surface area contributed by atoms with Crippen molar-refractivity contribution in [2.24, 2.45) is 0 Å². The minimum Gasteiger partial charge on any atom is -0.398 e. The highest BCUT2D eigenvalue weighted by atomic mass is 32.2. The molecule has 0 spiro atoms. The van der Waals surface area contributed by atoms with Crippen LogP contribution in [-0.4, -0.2) is 15.0 Å². The fourth-order valence-corrected chi connectivity index (χ4v) is 2.31. The maximum Gasteiger partial charge on any atom is 0.299 e. The second-order valence-electron chi connectivity index (χ2n) is 3.63. The lowest BCUT2D eigenvalue weighted by Gasteiger charge is -2.12. The largest absolute Gasteiger partial charge is 0.398 e. The molecule has 0 saturated heterocycles. The van der Waals surface area contributed by atoms with Gasteiger partial charge in [-0.25, -0.2) is 0 Å². The molecule has 0 saturated carbocycles. The van der Waals surface area contributed by atoms with E-state index in [2.05, 4.69) is 9.44 Å². The van der Waals surface area contributed by atoms with E-state index < -0.39 is 10.2 Å². The maximum absolute atomic E-state index is 11.5. The van der Waals surface area contributed by atoms with Crippen molar-refractivity contribution >= 4 is 21.6 Å². The van der Waals surface area contributed by atoms with Gasteiger partial charge in [-0.15, -0.1) is 0 Å². The summed E-state index contributed by atoms with van der Waals surface area (Å²) in [5.74, 6) is 0. The first-order chi connectivity index (χ1) is 7.35. The Bertz CT molecular complexity index is 483. The number of nitrogen functional groups attached to an aromatic ring is 1. The van der Waals surface area contributed by atoms with Crippen molar-refractivity contribution in [2.75, 3.05) is 17.0 Å². The van der Waals surface area contributed by atoms with Gasteiger partial charge in [0, 0.05) is 12.2 Å². The Hall–Kier alpha value is -1.27. The minimum atomic E-state index is -3.49. The van der Waals surface area contributed by atoms with Crippen LogP contribution in [0.1, 0.15) is 18.1 Å². The van der Waals surface area contributed by atoms with Crippen LogP contribution in [0.3, 0.4) is 0 Å². The summed E-state index contributed by atoms with van der Waals surface area (Å²) >= 11 is 0. The molecule has 0 heterocycles. The molecule has 5 nitrogen and oxygen atoms in total. The van der Waals surface area contributed by atoms with E-state index in [9.17, 15) is 8.42 Å². The zero-order chi connectivity index (χ0) is 12.3. The van der Waals surface area contributed by atoms with E-state index >= 15 is 0 Å². The average molecular weight is 243 g/mol. The van der Waals surface area contributed by atoms with Gasteiger partial charge in [0.25, 0.3) is 10.2 Å². The van der Waals surface area contributed by atoms with Gasteiger partial charge in [-0.1, -0.05) is 13.0 Å². The standard InChI is InChI=1S/C10H17N3O2S/c1-4-12-16(14,15)13-10-6-9(11)7(2)5-8(10)3/h5-6,12-13H,4,11H2,1-3H3. The molecule has 0 aromatic heterocycles. The van der Waals surface area contributed by atoms with Gasteiger partial charge < -0.3 is 5.73 Å². The number of benzene rings is 1. The fraction of sp³-hybridized carbons (Fsp3) is 0.400. The van der Waals surface area contributed by atoms with Crippen LogP contribution in [0.4, 0.5) is 11.4 Å².